The molecule has 0 saturated heterocycles. The van der Waals surface area contributed by atoms with Gasteiger partial charge in [-0.25, -0.2) is 4.98 Å². The summed E-state index contributed by atoms with van der Waals surface area (Å²) in [6.45, 7) is 1.98. The lowest BCUT2D eigenvalue weighted by molar-refractivity contribution is -0.119. The molecule has 1 aromatic carbocycles. The Balaban J connectivity index is 1.58. The van der Waals surface area contributed by atoms with Gasteiger partial charge >= 0.3 is 0 Å². The van der Waals surface area contributed by atoms with Crippen LogP contribution in [0.4, 0.5) is 5.82 Å². The number of anilines is 1. The van der Waals surface area contributed by atoms with Gasteiger partial charge in [-0.05, 0) is 49.3 Å². The molecular formula is C18H22N4O2S. The van der Waals surface area contributed by atoms with Crippen LogP contribution >= 0.6 is 11.8 Å². The van der Waals surface area contributed by atoms with Crippen LogP contribution in [0.2, 0.25) is 0 Å². The number of nitrogens with one attached hydrogen (secondary N) is 2. The third-order valence-electron chi connectivity index (χ3n) is 4.33. The third-order valence-corrected chi connectivity index (χ3v) is 5.20. The Kier molecular flexibility index (Phi) is 5.43. The third kappa shape index (κ3) is 4.63. The van der Waals surface area contributed by atoms with Crippen molar-refractivity contribution in [2.24, 2.45) is 0 Å². The zero-order valence-corrected chi connectivity index (χ0v) is 15.0. The second-order valence-corrected chi connectivity index (χ2v) is 7.25. The van der Waals surface area contributed by atoms with E-state index in [0.29, 0.717) is 5.16 Å². The van der Waals surface area contributed by atoms with Crippen molar-refractivity contribution in [3.63, 3.8) is 0 Å². The number of rotatable bonds is 5. The number of aromatic nitrogens is 2. The van der Waals surface area contributed by atoms with Crippen molar-refractivity contribution in [1.29, 1.82) is 0 Å². The molecule has 1 amide bonds. The number of H-pyrrole nitrogens is 1. The molecule has 25 heavy (non-hydrogen) atoms. The first-order valence-corrected chi connectivity index (χ1v) is 9.40. The van der Waals surface area contributed by atoms with Crippen LogP contribution in [0.1, 0.15) is 42.5 Å². The summed E-state index contributed by atoms with van der Waals surface area (Å²) >= 11 is 1.16. The SMILES string of the molecule is C[C@@H](NC(=O)CSc1nc(N)cc(=O)[nH]1)c1ccc2c(c1)CCCC2. The van der Waals surface area contributed by atoms with E-state index in [4.69, 9.17) is 5.73 Å². The lowest BCUT2D eigenvalue weighted by Crippen LogP contribution is -2.28. The predicted molar refractivity (Wildman–Crippen MR) is 99.6 cm³/mol. The number of carbonyl (C=O) groups is 1. The number of hydrogen-bond acceptors (Lipinski definition) is 5. The summed E-state index contributed by atoms with van der Waals surface area (Å²) in [4.78, 5) is 30.1. The summed E-state index contributed by atoms with van der Waals surface area (Å²) in [5.41, 5.74) is 9.17. The number of nitrogens with zero attached hydrogens (tertiary/aromatic N) is 1. The summed E-state index contributed by atoms with van der Waals surface area (Å²) in [7, 11) is 0. The van der Waals surface area contributed by atoms with Gasteiger partial charge in [-0.15, -0.1) is 0 Å². The highest BCUT2D eigenvalue weighted by Gasteiger charge is 2.14. The minimum atomic E-state index is -0.321. The molecular weight excluding hydrogens is 336 g/mol. The zero-order chi connectivity index (χ0) is 17.8. The molecule has 0 radical (unpaired) electrons. The van der Waals surface area contributed by atoms with Crippen LogP contribution in [0.3, 0.4) is 0 Å². The van der Waals surface area contributed by atoms with Gasteiger partial charge in [0.15, 0.2) is 5.16 Å². The molecule has 2 aromatic rings. The molecule has 1 aliphatic rings. The van der Waals surface area contributed by atoms with Crippen LogP contribution in [-0.2, 0) is 17.6 Å². The standard InChI is InChI=1S/C18H22N4O2S/c1-11(13-7-6-12-4-2-3-5-14(12)8-13)20-17(24)10-25-18-21-15(19)9-16(23)22-18/h6-9,11H,2-5,10H2,1H3,(H,20,24)(H3,19,21,22,23)/t11-/m1/s1. The molecule has 0 bridgehead atoms. The maximum Gasteiger partial charge on any atom is 0.253 e. The Labute approximate surface area is 150 Å². The van der Waals surface area contributed by atoms with Crippen molar-refractivity contribution < 1.29 is 4.79 Å². The van der Waals surface area contributed by atoms with Crippen molar-refractivity contribution in [2.45, 2.75) is 43.8 Å². The molecule has 3 rings (SSSR count). The van der Waals surface area contributed by atoms with E-state index in [0.717, 1.165) is 30.2 Å². The predicted octanol–water partition coefficient (Wildman–Crippen LogP) is 2.20. The lowest BCUT2D eigenvalue weighted by Gasteiger charge is -2.20. The number of thioether (sulfide) groups is 1. The van der Waals surface area contributed by atoms with E-state index in [9.17, 15) is 9.59 Å². The summed E-state index contributed by atoms with van der Waals surface area (Å²) < 4.78 is 0. The number of nitrogen functional groups attached to an aromatic ring is 1. The van der Waals surface area contributed by atoms with E-state index in [1.807, 2.05) is 6.92 Å². The van der Waals surface area contributed by atoms with Crippen LogP contribution in [0.25, 0.3) is 0 Å². The maximum atomic E-state index is 12.2. The molecule has 7 heteroatoms. The van der Waals surface area contributed by atoms with Crippen molar-refractivity contribution in [3.05, 3.63) is 51.3 Å². The van der Waals surface area contributed by atoms with E-state index < -0.39 is 0 Å². The number of aryl methyl sites for hydroxylation is 2. The van der Waals surface area contributed by atoms with Gasteiger partial charge < -0.3 is 16.0 Å². The number of benzene rings is 1. The first-order chi connectivity index (χ1) is 12.0. The molecule has 0 unspecified atom stereocenters. The van der Waals surface area contributed by atoms with Crippen LogP contribution in [0.5, 0.6) is 0 Å². The molecule has 4 N–H and O–H groups in total. The Morgan fingerprint density at radius 3 is 2.84 bits per heavy atom. The van der Waals surface area contributed by atoms with Crippen molar-refractivity contribution in [1.82, 2.24) is 15.3 Å². The lowest BCUT2D eigenvalue weighted by atomic mass is 9.89. The van der Waals surface area contributed by atoms with E-state index in [-0.39, 0.29) is 29.1 Å². The van der Waals surface area contributed by atoms with Gasteiger partial charge in [0.1, 0.15) is 5.82 Å². The topological polar surface area (TPSA) is 101 Å². The van der Waals surface area contributed by atoms with Crippen LogP contribution < -0.4 is 16.6 Å². The fourth-order valence-electron chi connectivity index (χ4n) is 3.04. The maximum absolute atomic E-state index is 12.2. The fourth-order valence-corrected chi connectivity index (χ4v) is 3.74. The number of fused-ring (bicyclic) bond motifs is 1. The molecule has 1 aliphatic carbocycles. The van der Waals surface area contributed by atoms with Gasteiger partial charge in [-0.3, -0.25) is 9.59 Å². The van der Waals surface area contributed by atoms with Gasteiger partial charge in [0.05, 0.1) is 11.8 Å². The summed E-state index contributed by atoms with van der Waals surface area (Å²) in [5.74, 6) is 0.205. The Bertz CT molecular complexity index is 834. The first kappa shape index (κ1) is 17.5. The molecule has 132 valence electrons. The number of hydrogen-bond donors (Lipinski definition) is 3. The zero-order valence-electron chi connectivity index (χ0n) is 14.2. The van der Waals surface area contributed by atoms with Gasteiger partial charge in [0.25, 0.3) is 5.56 Å². The minimum Gasteiger partial charge on any atom is -0.383 e. The number of nitrogens with two attached hydrogens (primary N) is 1. The molecule has 0 spiro atoms. The minimum absolute atomic E-state index is 0.0619. The second kappa shape index (κ2) is 7.74. The summed E-state index contributed by atoms with van der Waals surface area (Å²) in [6, 6.07) is 7.64. The van der Waals surface area contributed by atoms with E-state index in [1.165, 1.54) is 30.0 Å². The number of amides is 1. The molecule has 1 heterocycles. The Hall–Kier alpha value is -2.28. The molecule has 0 aliphatic heterocycles. The van der Waals surface area contributed by atoms with Crippen LogP contribution in [0.15, 0.2) is 34.2 Å². The van der Waals surface area contributed by atoms with Crippen molar-refractivity contribution in [2.75, 3.05) is 11.5 Å². The summed E-state index contributed by atoms with van der Waals surface area (Å²) in [6.07, 6.45) is 4.77. The first-order valence-electron chi connectivity index (χ1n) is 8.42. The smallest absolute Gasteiger partial charge is 0.253 e. The van der Waals surface area contributed by atoms with Gasteiger partial charge in [-0.1, -0.05) is 30.0 Å². The molecule has 0 saturated carbocycles. The van der Waals surface area contributed by atoms with E-state index in [2.05, 4.69) is 33.5 Å². The molecule has 6 nitrogen and oxygen atoms in total. The van der Waals surface area contributed by atoms with E-state index >= 15 is 0 Å². The monoisotopic (exact) mass is 358 g/mol. The van der Waals surface area contributed by atoms with Crippen LogP contribution in [-0.4, -0.2) is 21.6 Å². The van der Waals surface area contributed by atoms with Gasteiger partial charge in [0, 0.05) is 6.07 Å². The quantitative estimate of drug-likeness (QED) is 0.562. The number of aromatic amines is 1. The Morgan fingerprint density at radius 2 is 2.08 bits per heavy atom. The molecule has 1 atom stereocenters. The Morgan fingerprint density at radius 1 is 1.32 bits per heavy atom. The number of carbonyl (C=O) groups excluding carboxylic acids is 1. The highest BCUT2D eigenvalue weighted by molar-refractivity contribution is 7.99. The second-order valence-electron chi connectivity index (χ2n) is 6.29. The normalized spacial score (nSPS) is 14.6. The van der Waals surface area contributed by atoms with E-state index in [1.54, 1.807) is 0 Å². The van der Waals surface area contributed by atoms with Crippen LogP contribution in [0, 0.1) is 0 Å². The van der Waals surface area contributed by atoms with Crippen molar-refractivity contribution in [3.8, 4) is 0 Å². The van der Waals surface area contributed by atoms with Gasteiger partial charge in [0.2, 0.25) is 5.91 Å². The molecule has 0 fully saturated rings. The average molecular weight is 358 g/mol. The molecule has 1 aromatic heterocycles. The highest BCUT2D eigenvalue weighted by atomic mass is 32.2. The fraction of sp³-hybridized carbons (Fsp3) is 0.389. The highest BCUT2D eigenvalue weighted by Crippen LogP contribution is 2.25. The van der Waals surface area contributed by atoms with Gasteiger partial charge in [-0.2, -0.15) is 0 Å². The summed E-state index contributed by atoms with van der Waals surface area (Å²) in [5, 5.41) is 3.34. The largest absolute Gasteiger partial charge is 0.383 e. The average Bonchev–Trinajstić information content (AvgIpc) is 2.58. The van der Waals surface area contributed by atoms with Crippen molar-refractivity contribution >= 4 is 23.5 Å².